The van der Waals surface area contributed by atoms with Crippen LogP contribution in [0.25, 0.3) is 10.8 Å². The van der Waals surface area contributed by atoms with E-state index >= 15 is 0 Å². The third-order valence-corrected chi connectivity index (χ3v) is 4.10. The summed E-state index contributed by atoms with van der Waals surface area (Å²) in [5.74, 6) is 0.803. The van der Waals surface area contributed by atoms with Crippen molar-refractivity contribution < 1.29 is 9.52 Å². The van der Waals surface area contributed by atoms with Gasteiger partial charge in [0.2, 0.25) is 0 Å². The fraction of sp³-hybridized carbons (Fsp3) is 0.188. The van der Waals surface area contributed by atoms with Gasteiger partial charge in [0.15, 0.2) is 10.8 Å². The van der Waals surface area contributed by atoms with Gasteiger partial charge in [0, 0.05) is 18.5 Å². The van der Waals surface area contributed by atoms with Gasteiger partial charge in [-0.3, -0.25) is 0 Å². The van der Waals surface area contributed by atoms with Gasteiger partial charge in [-0.15, -0.1) is 11.3 Å². The third-order valence-electron chi connectivity index (χ3n) is 3.19. The molecule has 0 atom stereocenters. The zero-order valence-corrected chi connectivity index (χ0v) is 12.3. The number of aromatic nitrogens is 1. The van der Waals surface area contributed by atoms with Crippen molar-refractivity contribution in [1.29, 1.82) is 0 Å². The summed E-state index contributed by atoms with van der Waals surface area (Å²) in [7, 11) is 0. The standard InChI is InChI=1S/C16H16N2O2S/c19-10-13-5-2-1-4-12(13)8-17-9-14-11-21-16(18-14)15-6-3-7-20-15/h1-7,11,17,19H,8-10H2. The Hall–Kier alpha value is -1.95. The van der Waals surface area contributed by atoms with Crippen LogP contribution in [0.15, 0.2) is 52.5 Å². The molecule has 0 spiro atoms. The SMILES string of the molecule is OCc1ccccc1CNCc1csc(-c2ccco2)n1. The Kier molecular flexibility index (Phi) is 4.45. The van der Waals surface area contributed by atoms with Gasteiger partial charge in [0.25, 0.3) is 0 Å². The van der Waals surface area contributed by atoms with Gasteiger partial charge in [-0.05, 0) is 23.3 Å². The first-order valence-electron chi connectivity index (χ1n) is 6.73. The Labute approximate surface area is 127 Å². The van der Waals surface area contributed by atoms with Crippen molar-refractivity contribution in [2.45, 2.75) is 19.7 Å². The average Bonchev–Trinajstić information content (AvgIpc) is 3.18. The second-order valence-electron chi connectivity index (χ2n) is 4.65. The molecule has 3 aromatic rings. The zero-order valence-electron chi connectivity index (χ0n) is 11.5. The second kappa shape index (κ2) is 6.67. The summed E-state index contributed by atoms with van der Waals surface area (Å²) < 4.78 is 5.34. The van der Waals surface area contributed by atoms with E-state index < -0.39 is 0 Å². The molecule has 3 rings (SSSR count). The minimum absolute atomic E-state index is 0.0667. The summed E-state index contributed by atoms with van der Waals surface area (Å²) in [6.07, 6.45) is 1.65. The van der Waals surface area contributed by atoms with Crippen molar-refractivity contribution >= 4 is 11.3 Å². The zero-order chi connectivity index (χ0) is 14.5. The van der Waals surface area contributed by atoms with Crippen LogP contribution in [0, 0.1) is 0 Å². The molecular weight excluding hydrogens is 284 g/mol. The highest BCUT2D eigenvalue weighted by atomic mass is 32.1. The first-order chi connectivity index (χ1) is 10.4. The molecule has 2 heterocycles. The highest BCUT2D eigenvalue weighted by molar-refractivity contribution is 7.13. The summed E-state index contributed by atoms with van der Waals surface area (Å²) in [6, 6.07) is 11.6. The van der Waals surface area contributed by atoms with Gasteiger partial charge in [0.05, 0.1) is 18.6 Å². The smallest absolute Gasteiger partial charge is 0.162 e. The summed E-state index contributed by atoms with van der Waals surface area (Å²) in [5.41, 5.74) is 3.06. The predicted octanol–water partition coefficient (Wildman–Crippen LogP) is 3.19. The minimum Gasteiger partial charge on any atom is -0.462 e. The average molecular weight is 300 g/mol. The topological polar surface area (TPSA) is 58.3 Å². The number of aliphatic hydroxyl groups excluding tert-OH is 1. The molecule has 4 nitrogen and oxygen atoms in total. The number of hydrogen-bond donors (Lipinski definition) is 2. The molecule has 0 amide bonds. The normalized spacial score (nSPS) is 10.9. The largest absolute Gasteiger partial charge is 0.462 e. The van der Waals surface area contributed by atoms with Gasteiger partial charge in [-0.2, -0.15) is 0 Å². The lowest BCUT2D eigenvalue weighted by molar-refractivity contribution is 0.280. The van der Waals surface area contributed by atoms with Crippen LogP contribution in [0.3, 0.4) is 0 Å². The minimum atomic E-state index is 0.0667. The molecule has 0 bridgehead atoms. The fourth-order valence-electron chi connectivity index (χ4n) is 2.11. The number of aliphatic hydroxyl groups is 1. The van der Waals surface area contributed by atoms with Crippen molar-refractivity contribution in [3.8, 4) is 10.8 Å². The lowest BCUT2D eigenvalue weighted by Gasteiger charge is -2.07. The predicted molar refractivity (Wildman–Crippen MR) is 82.7 cm³/mol. The Balaban J connectivity index is 1.58. The number of nitrogens with one attached hydrogen (secondary N) is 1. The van der Waals surface area contributed by atoms with Gasteiger partial charge < -0.3 is 14.8 Å². The highest BCUT2D eigenvalue weighted by Crippen LogP contribution is 2.23. The third kappa shape index (κ3) is 3.39. The highest BCUT2D eigenvalue weighted by Gasteiger charge is 2.07. The lowest BCUT2D eigenvalue weighted by atomic mass is 10.1. The van der Waals surface area contributed by atoms with Crippen LogP contribution in [0.1, 0.15) is 16.8 Å². The number of nitrogens with zero attached hydrogens (tertiary/aromatic N) is 1. The number of thiazole rings is 1. The number of rotatable bonds is 6. The Bertz CT molecular complexity index is 692. The molecule has 1 aromatic carbocycles. The van der Waals surface area contributed by atoms with E-state index in [9.17, 15) is 5.11 Å². The van der Waals surface area contributed by atoms with Crippen molar-refractivity contribution in [3.05, 3.63) is 64.9 Å². The van der Waals surface area contributed by atoms with Gasteiger partial charge in [0.1, 0.15) is 0 Å². The molecule has 0 saturated carbocycles. The van der Waals surface area contributed by atoms with Gasteiger partial charge in [-0.25, -0.2) is 4.98 Å². The van der Waals surface area contributed by atoms with E-state index in [0.717, 1.165) is 27.6 Å². The first kappa shape index (κ1) is 14.0. The van der Waals surface area contributed by atoms with Crippen LogP contribution >= 0.6 is 11.3 Å². The Morgan fingerprint density at radius 2 is 1.95 bits per heavy atom. The maximum atomic E-state index is 9.29. The van der Waals surface area contributed by atoms with E-state index in [2.05, 4.69) is 10.3 Å². The van der Waals surface area contributed by atoms with E-state index in [1.54, 1.807) is 17.6 Å². The van der Waals surface area contributed by atoms with Crippen molar-refractivity contribution in [2.75, 3.05) is 0 Å². The molecule has 5 heteroatoms. The molecule has 0 radical (unpaired) electrons. The molecule has 2 aromatic heterocycles. The molecule has 2 N–H and O–H groups in total. The molecular formula is C16H16N2O2S. The quantitative estimate of drug-likeness (QED) is 0.734. The molecule has 0 saturated heterocycles. The Morgan fingerprint density at radius 1 is 1.10 bits per heavy atom. The number of furan rings is 1. The molecule has 0 aliphatic carbocycles. The van der Waals surface area contributed by atoms with E-state index in [4.69, 9.17) is 4.42 Å². The van der Waals surface area contributed by atoms with Crippen molar-refractivity contribution in [2.24, 2.45) is 0 Å². The number of benzene rings is 1. The molecule has 0 aliphatic rings. The fourth-order valence-corrected chi connectivity index (χ4v) is 2.90. The number of hydrogen-bond acceptors (Lipinski definition) is 5. The summed E-state index contributed by atoms with van der Waals surface area (Å²) in [4.78, 5) is 4.54. The van der Waals surface area contributed by atoms with Crippen LogP contribution in [0.4, 0.5) is 0 Å². The van der Waals surface area contributed by atoms with E-state index in [-0.39, 0.29) is 6.61 Å². The first-order valence-corrected chi connectivity index (χ1v) is 7.61. The lowest BCUT2D eigenvalue weighted by Crippen LogP contribution is -2.14. The van der Waals surface area contributed by atoms with Gasteiger partial charge in [-0.1, -0.05) is 24.3 Å². The second-order valence-corrected chi connectivity index (χ2v) is 5.51. The van der Waals surface area contributed by atoms with Crippen LogP contribution in [0.5, 0.6) is 0 Å². The molecule has 0 fully saturated rings. The van der Waals surface area contributed by atoms with Crippen LogP contribution in [-0.4, -0.2) is 10.1 Å². The molecule has 21 heavy (non-hydrogen) atoms. The summed E-state index contributed by atoms with van der Waals surface area (Å²) >= 11 is 1.58. The molecule has 108 valence electrons. The van der Waals surface area contributed by atoms with E-state index in [1.807, 2.05) is 41.8 Å². The molecule has 0 unspecified atom stereocenters. The monoisotopic (exact) mass is 300 g/mol. The van der Waals surface area contributed by atoms with Crippen LogP contribution < -0.4 is 5.32 Å². The van der Waals surface area contributed by atoms with Crippen LogP contribution in [0.2, 0.25) is 0 Å². The van der Waals surface area contributed by atoms with Crippen molar-refractivity contribution in [1.82, 2.24) is 10.3 Å². The molecule has 0 aliphatic heterocycles. The summed E-state index contributed by atoms with van der Waals surface area (Å²) in [5, 5.41) is 15.6. The van der Waals surface area contributed by atoms with E-state index in [0.29, 0.717) is 13.1 Å². The van der Waals surface area contributed by atoms with Crippen LogP contribution in [-0.2, 0) is 19.7 Å². The Morgan fingerprint density at radius 3 is 2.71 bits per heavy atom. The van der Waals surface area contributed by atoms with E-state index in [1.165, 1.54) is 0 Å². The van der Waals surface area contributed by atoms with Crippen molar-refractivity contribution in [3.63, 3.8) is 0 Å². The maximum Gasteiger partial charge on any atom is 0.162 e. The van der Waals surface area contributed by atoms with Gasteiger partial charge >= 0.3 is 0 Å². The summed E-state index contributed by atoms with van der Waals surface area (Å²) in [6.45, 7) is 1.47. The maximum absolute atomic E-state index is 9.29.